The first-order valence-electron chi connectivity index (χ1n) is 7.13. The summed E-state index contributed by atoms with van der Waals surface area (Å²) in [6.07, 6.45) is 4.86. The molecule has 1 saturated heterocycles. The number of hydrogen-bond acceptors (Lipinski definition) is 3. The molecule has 1 aliphatic rings. The van der Waals surface area contributed by atoms with Crippen molar-refractivity contribution >= 4 is 22.8 Å². The summed E-state index contributed by atoms with van der Waals surface area (Å²) in [5.41, 5.74) is 2.91. The van der Waals surface area contributed by atoms with Gasteiger partial charge in [0.2, 0.25) is 0 Å². The van der Waals surface area contributed by atoms with Gasteiger partial charge in [0.15, 0.2) is 5.65 Å². The maximum absolute atomic E-state index is 5.91. The summed E-state index contributed by atoms with van der Waals surface area (Å²) >= 11 is 5.91. The first-order valence-corrected chi connectivity index (χ1v) is 7.66. The van der Waals surface area contributed by atoms with Gasteiger partial charge in [-0.05, 0) is 38.3 Å². The topological polar surface area (TPSA) is 39.9 Å². The van der Waals surface area contributed by atoms with Crippen molar-refractivity contribution in [3.8, 4) is 0 Å². The Balaban J connectivity index is 2.04. The molecule has 1 atom stereocenters. The van der Waals surface area contributed by atoms with E-state index in [-0.39, 0.29) is 5.60 Å². The van der Waals surface area contributed by atoms with E-state index in [9.17, 15) is 0 Å². The third-order valence-electron chi connectivity index (χ3n) is 3.91. The highest BCUT2D eigenvalue weighted by Gasteiger charge is 2.31. The molecule has 0 bridgehead atoms. The van der Waals surface area contributed by atoms with Gasteiger partial charge >= 0.3 is 0 Å². The minimum atomic E-state index is -0.110. The Morgan fingerprint density at radius 3 is 3.05 bits per heavy atom. The Hall–Kier alpha value is -1.13. The molecule has 0 saturated carbocycles. The van der Waals surface area contributed by atoms with Crippen LogP contribution in [-0.4, -0.2) is 32.6 Å². The molecule has 0 aromatic carbocycles. The smallest absolute Gasteiger partial charge is 0.160 e. The van der Waals surface area contributed by atoms with Crippen LogP contribution in [0.2, 0.25) is 0 Å². The first-order chi connectivity index (χ1) is 9.61. The first kappa shape index (κ1) is 13.8. The SMILES string of the molecule is Cc1cnc2c(c1)nc(CCCl)n2CC1(C)CCCO1. The number of nitrogens with zero attached hydrogens (tertiary/aromatic N) is 3. The van der Waals surface area contributed by atoms with Crippen LogP contribution in [0, 0.1) is 6.92 Å². The zero-order valence-corrected chi connectivity index (χ0v) is 12.8. The summed E-state index contributed by atoms with van der Waals surface area (Å²) in [4.78, 5) is 9.26. The predicted octanol–water partition coefficient (Wildman–Crippen LogP) is 3.09. The van der Waals surface area contributed by atoms with Gasteiger partial charge in [0.1, 0.15) is 11.3 Å². The molecule has 3 rings (SSSR count). The Morgan fingerprint density at radius 1 is 1.50 bits per heavy atom. The number of aryl methyl sites for hydroxylation is 2. The second kappa shape index (κ2) is 5.34. The fraction of sp³-hybridized carbons (Fsp3) is 0.600. The molecule has 4 nitrogen and oxygen atoms in total. The van der Waals surface area contributed by atoms with Crippen LogP contribution in [0.4, 0.5) is 0 Å². The van der Waals surface area contributed by atoms with Gasteiger partial charge in [0, 0.05) is 25.1 Å². The van der Waals surface area contributed by atoms with Gasteiger partial charge in [-0.3, -0.25) is 0 Å². The molecule has 1 fully saturated rings. The highest BCUT2D eigenvalue weighted by molar-refractivity contribution is 6.17. The molecular formula is C15H20ClN3O. The molecule has 1 aliphatic heterocycles. The Kier molecular flexibility index (Phi) is 3.69. The van der Waals surface area contributed by atoms with E-state index in [0.29, 0.717) is 5.88 Å². The number of hydrogen-bond donors (Lipinski definition) is 0. The van der Waals surface area contributed by atoms with Gasteiger partial charge in [0.25, 0.3) is 0 Å². The quantitative estimate of drug-likeness (QED) is 0.813. The van der Waals surface area contributed by atoms with Crippen LogP contribution in [0.25, 0.3) is 11.2 Å². The number of rotatable bonds is 4. The molecule has 0 amide bonds. The average Bonchev–Trinajstić information content (AvgIpc) is 2.96. The van der Waals surface area contributed by atoms with E-state index < -0.39 is 0 Å². The maximum atomic E-state index is 5.91. The van der Waals surface area contributed by atoms with E-state index in [0.717, 1.165) is 55.0 Å². The van der Waals surface area contributed by atoms with Crippen LogP contribution in [0.15, 0.2) is 12.3 Å². The lowest BCUT2D eigenvalue weighted by Gasteiger charge is -2.24. The number of ether oxygens (including phenoxy) is 1. The molecular weight excluding hydrogens is 274 g/mol. The highest BCUT2D eigenvalue weighted by atomic mass is 35.5. The number of fused-ring (bicyclic) bond motifs is 1. The summed E-state index contributed by atoms with van der Waals surface area (Å²) in [6, 6.07) is 2.08. The van der Waals surface area contributed by atoms with Crippen molar-refractivity contribution in [3.63, 3.8) is 0 Å². The number of alkyl halides is 1. The zero-order chi connectivity index (χ0) is 14.2. The molecule has 0 aliphatic carbocycles. The largest absolute Gasteiger partial charge is 0.373 e. The van der Waals surface area contributed by atoms with Gasteiger partial charge < -0.3 is 9.30 Å². The lowest BCUT2D eigenvalue weighted by molar-refractivity contribution is 0.00642. The average molecular weight is 294 g/mol. The standard InChI is InChI=1S/C15H20ClN3O/c1-11-8-12-14(17-9-11)19(13(18-12)4-6-16)10-15(2)5-3-7-20-15/h8-9H,3-7,10H2,1-2H3. The van der Waals surface area contributed by atoms with E-state index in [1.165, 1.54) is 0 Å². The van der Waals surface area contributed by atoms with Crippen molar-refractivity contribution in [2.45, 2.75) is 45.3 Å². The van der Waals surface area contributed by atoms with Gasteiger partial charge in [-0.15, -0.1) is 11.6 Å². The van der Waals surface area contributed by atoms with Crippen LogP contribution < -0.4 is 0 Å². The van der Waals surface area contributed by atoms with Crippen molar-refractivity contribution in [3.05, 3.63) is 23.7 Å². The number of pyridine rings is 1. The van der Waals surface area contributed by atoms with Gasteiger partial charge in [-0.1, -0.05) is 0 Å². The fourth-order valence-electron chi connectivity index (χ4n) is 2.90. The molecule has 2 aromatic heterocycles. The van der Waals surface area contributed by atoms with Crippen LogP contribution in [-0.2, 0) is 17.7 Å². The normalized spacial score (nSPS) is 22.8. The number of aromatic nitrogens is 3. The summed E-state index contributed by atoms with van der Waals surface area (Å²) in [5.74, 6) is 1.57. The second-order valence-corrected chi connectivity index (χ2v) is 6.19. The molecule has 0 radical (unpaired) electrons. The van der Waals surface area contributed by atoms with Crippen molar-refractivity contribution < 1.29 is 4.74 Å². The summed E-state index contributed by atoms with van der Waals surface area (Å²) in [6.45, 7) is 5.85. The molecule has 3 heterocycles. The lowest BCUT2D eigenvalue weighted by Crippen LogP contribution is -2.30. The van der Waals surface area contributed by atoms with Crippen LogP contribution in [0.3, 0.4) is 0 Å². The number of imidazole rings is 1. The van der Waals surface area contributed by atoms with Gasteiger partial charge in [0.05, 0.1) is 12.1 Å². The third kappa shape index (κ3) is 2.54. The Bertz CT molecular complexity index is 617. The van der Waals surface area contributed by atoms with Crippen molar-refractivity contribution in [1.82, 2.24) is 14.5 Å². The highest BCUT2D eigenvalue weighted by Crippen LogP contribution is 2.29. The Morgan fingerprint density at radius 2 is 2.35 bits per heavy atom. The molecule has 5 heteroatoms. The van der Waals surface area contributed by atoms with Crippen LogP contribution >= 0.6 is 11.6 Å². The van der Waals surface area contributed by atoms with E-state index in [1.54, 1.807) is 0 Å². The van der Waals surface area contributed by atoms with E-state index in [4.69, 9.17) is 21.3 Å². The van der Waals surface area contributed by atoms with Crippen molar-refractivity contribution in [2.75, 3.05) is 12.5 Å². The summed E-state index contributed by atoms with van der Waals surface area (Å²) in [5, 5.41) is 0. The van der Waals surface area contributed by atoms with E-state index in [1.807, 2.05) is 13.1 Å². The molecule has 108 valence electrons. The minimum absolute atomic E-state index is 0.110. The maximum Gasteiger partial charge on any atom is 0.160 e. The van der Waals surface area contributed by atoms with Crippen LogP contribution in [0.5, 0.6) is 0 Å². The summed E-state index contributed by atoms with van der Waals surface area (Å²) < 4.78 is 8.09. The molecule has 20 heavy (non-hydrogen) atoms. The lowest BCUT2D eigenvalue weighted by atomic mass is 10.0. The van der Waals surface area contributed by atoms with E-state index in [2.05, 4.69) is 22.5 Å². The zero-order valence-electron chi connectivity index (χ0n) is 12.0. The van der Waals surface area contributed by atoms with Crippen LogP contribution in [0.1, 0.15) is 31.2 Å². The minimum Gasteiger partial charge on any atom is -0.373 e. The van der Waals surface area contributed by atoms with Crippen molar-refractivity contribution in [1.29, 1.82) is 0 Å². The Labute approximate surface area is 124 Å². The predicted molar refractivity (Wildman–Crippen MR) is 80.3 cm³/mol. The molecule has 0 spiro atoms. The molecule has 0 N–H and O–H groups in total. The number of halogens is 1. The fourth-order valence-corrected chi connectivity index (χ4v) is 3.07. The third-order valence-corrected chi connectivity index (χ3v) is 4.10. The second-order valence-electron chi connectivity index (χ2n) is 5.81. The summed E-state index contributed by atoms with van der Waals surface area (Å²) in [7, 11) is 0. The molecule has 2 aromatic rings. The molecule has 1 unspecified atom stereocenters. The van der Waals surface area contributed by atoms with Gasteiger partial charge in [-0.2, -0.15) is 0 Å². The van der Waals surface area contributed by atoms with Gasteiger partial charge in [-0.25, -0.2) is 9.97 Å². The monoisotopic (exact) mass is 293 g/mol. The van der Waals surface area contributed by atoms with Crippen molar-refractivity contribution in [2.24, 2.45) is 0 Å². The van der Waals surface area contributed by atoms with E-state index >= 15 is 0 Å².